The van der Waals surface area contributed by atoms with Gasteiger partial charge in [0.15, 0.2) is 0 Å². The number of hydrogen-bond donors (Lipinski definition) is 2. The molecule has 0 aromatic carbocycles. The Labute approximate surface area is 87.8 Å². The molecule has 1 aliphatic rings. The highest BCUT2D eigenvalue weighted by Crippen LogP contribution is 2.11. The number of rotatable bonds is 2. The summed E-state index contributed by atoms with van der Waals surface area (Å²) in [6, 6.07) is -1.27. The zero-order chi connectivity index (χ0) is 11.6. The van der Waals surface area contributed by atoms with E-state index >= 15 is 0 Å². The number of carbonyl (C=O) groups excluding carboxylic acids is 3. The summed E-state index contributed by atoms with van der Waals surface area (Å²) in [5.41, 5.74) is 5.36. The first-order chi connectivity index (χ1) is 6.93. The summed E-state index contributed by atoms with van der Waals surface area (Å²) < 4.78 is 0. The van der Waals surface area contributed by atoms with Gasteiger partial charge in [0.1, 0.15) is 6.04 Å². The minimum atomic E-state index is -0.652. The molecule has 0 aromatic heterocycles. The normalized spacial score (nSPS) is 23.9. The van der Waals surface area contributed by atoms with Crippen LogP contribution in [-0.2, 0) is 14.4 Å². The Morgan fingerprint density at radius 3 is 2.73 bits per heavy atom. The second-order valence-electron chi connectivity index (χ2n) is 3.68. The molecule has 3 N–H and O–H groups in total. The van der Waals surface area contributed by atoms with Crippen molar-refractivity contribution in [2.45, 2.75) is 31.8 Å². The fourth-order valence-electron chi connectivity index (χ4n) is 1.35. The average Bonchev–Trinajstić information content (AvgIpc) is 2.18. The smallest absolute Gasteiger partial charge is 0.251 e. The van der Waals surface area contributed by atoms with Crippen LogP contribution >= 0.6 is 0 Å². The highest BCUT2D eigenvalue weighted by Gasteiger charge is 2.32. The summed E-state index contributed by atoms with van der Waals surface area (Å²) in [7, 11) is 1.41. The van der Waals surface area contributed by atoms with Crippen LogP contribution in [0.25, 0.3) is 0 Å². The summed E-state index contributed by atoms with van der Waals surface area (Å²) in [5.74, 6) is -0.970. The molecule has 1 saturated heterocycles. The predicted octanol–water partition coefficient (Wildman–Crippen LogP) is -1.40. The van der Waals surface area contributed by atoms with Crippen molar-refractivity contribution in [1.82, 2.24) is 10.2 Å². The van der Waals surface area contributed by atoms with Gasteiger partial charge in [-0.3, -0.25) is 19.3 Å². The van der Waals surface area contributed by atoms with Crippen molar-refractivity contribution < 1.29 is 14.4 Å². The molecule has 3 amide bonds. The molecule has 0 aliphatic carbocycles. The maximum atomic E-state index is 11.5. The molecule has 1 aliphatic heterocycles. The molecule has 1 heterocycles. The largest absolute Gasteiger partial charge is 0.343 e. The van der Waals surface area contributed by atoms with E-state index in [-0.39, 0.29) is 24.1 Å². The molecule has 6 heteroatoms. The molecule has 0 spiro atoms. The fourth-order valence-corrected chi connectivity index (χ4v) is 1.35. The van der Waals surface area contributed by atoms with Gasteiger partial charge >= 0.3 is 0 Å². The van der Waals surface area contributed by atoms with Crippen molar-refractivity contribution in [3.05, 3.63) is 0 Å². The molecule has 0 radical (unpaired) electrons. The Kier molecular flexibility index (Phi) is 3.41. The van der Waals surface area contributed by atoms with Crippen molar-refractivity contribution in [2.75, 3.05) is 7.05 Å². The molecule has 15 heavy (non-hydrogen) atoms. The third-order valence-electron chi connectivity index (χ3n) is 2.38. The monoisotopic (exact) mass is 213 g/mol. The van der Waals surface area contributed by atoms with Crippen LogP contribution in [0.5, 0.6) is 0 Å². The van der Waals surface area contributed by atoms with Gasteiger partial charge in [0.25, 0.3) is 5.91 Å². The van der Waals surface area contributed by atoms with Crippen LogP contribution in [0, 0.1) is 0 Å². The lowest BCUT2D eigenvalue weighted by molar-refractivity contribution is -0.149. The van der Waals surface area contributed by atoms with Crippen molar-refractivity contribution in [1.29, 1.82) is 0 Å². The number of hydrogen-bond acceptors (Lipinski definition) is 4. The Bertz CT molecular complexity index is 301. The minimum Gasteiger partial charge on any atom is -0.343 e. The molecule has 2 unspecified atom stereocenters. The van der Waals surface area contributed by atoms with Crippen LogP contribution in [0.3, 0.4) is 0 Å². The molecule has 0 bridgehead atoms. The number of piperidine rings is 1. The van der Waals surface area contributed by atoms with Gasteiger partial charge < -0.3 is 11.1 Å². The topological polar surface area (TPSA) is 92.5 Å². The number of amides is 3. The summed E-state index contributed by atoms with van der Waals surface area (Å²) in [6.45, 7) is 1.54. The highest BCUT2D eigenvalue weighted by atomic mass is 16.2. The van der Waals surface area contributed by atoms with Gasteiger partial charge in [-0.05, 0) is 13.3 Å². The number of nitrogens with two attached hydrogens (primary N) is 1. The number of carbonyl (C=O) groups is 3. The van der Waals surface area contributed by atoms with E-state index in [4.69, 9.17) is 5.73 Å². The number of likely N-dealkylation sites (tertiary alicyclic amines) is 1. The van der Waals surface area contributed by atoms with Crippen LogP contribution in [0.15, 0.2) is 0 Å². The summed E-state index contributed by atoms with van der Waals surface area (Å²) in [4.78, 5) is 35.0. The predicted molar refractivity (Wildman–Crippen MR) is 52.6 cm³/mol. The molecular weight excluding hydrogens is 198 g/mol. The lowest BCUT2D eigenvalue weighted by Gasteiger charge is -2.28. The Morgan fingerprint density at radius 1 is 1.60 bits per heavy atom. The van der Waals surface area contributed by atoms with Gasteiger partial charge in [-0.15, -0.1) is 0 Å². The van der Waals surface area contributed by atoms with Crippen LogP contribution in [0.1, 0.15) is 19.8 Å². The number of imide groups is 1. The molecule has 1 rings (SSSR count). The zero-order valence-electron chi connectivity index (χ0n) is 8.82. The first-order valence-electron chi connectivity index (χ1n) is 4.80. The Morgan fingerprint density at radius 2 is 2.20 bits per heavy atom. The van der Waals surface area contributed by atoms with Gasteiger partial charge in [-0.1, -0.05) is 0 Å². The van der Waals surface area contributed by atoms with E-state index < -0.39 is 12.1 Å². The van der Waals surface area contributed by atoms with E-state index in [0.29, 0.717) is 6.42 Å². The summed E-state index contributed by atoms with van der Waals surface area (Å²) in [5, 5.41) is 2.51. The first-order valence-corrected chi connectivity index (χ1v) is 4.80. The number of likely N-dealkylation sites (N-methyl/N-ethyl adjacent to an activating group) is 1. The second kappa shape index (κ2) is 4.39. The van der Waals surface area contributed by atoms with E-state index in [1.807, 2.05) is 0 Å². The van der Waals surface area contributed by atoms with E-state index in [1.165, 1.54) is 14.0 Å². The molecule has 2 atom stereocenters. The Balaban J connectivity index is 2.61. The first kappa shape index (κ1) is 11.6. The van der Waals surface area contributed by atoms with Crippen LogP contribution < -0.4 is 11.1 Å². The maximum Gasteiger partial charge on any atom is 0.251 e. The number of nitrogens with zero attached hydrogens (tertiary/aromatic N) is 1. The van der Waals surface area contributed by atoms with Crippen molar-refractivity contribution in [3.8, 4) is 0 Å². The van der Waals surface area contributed by atoms with Gasteiger partial charge in [-0.25, -0.2) is 0 Å². The maximum absolute atomic E-state index is 11.5. The zero-order valence-corrected chi connectivity index (χ0v) is 8.82. The van der Waals surface area contributed by atoms with Gasteiger partial charge in [-0.2, -0.15) is 0 Å². The van der Waals surface area contributed by atoms with Gasteiger partial charge in [0.05, 0.1) is 6.04 Å². The Hall–Kier alpha value is -1.43. The van der Waals surface area contributed by atoms with Crippen molar-refractivity contribution >= 4 is 17.7 Å². The van der Waals surface area contributed by atoms with Gasteiger partial charge in [0.2, 0.25) is 11.8 Å². The third kappa shape index (κ3) is 2.53. The van der Waals surface area contributed by atoms with E-state index in [2.05, 4.69) is 5.32 Å². The van der Waals surface area contributed by atoms with Gasteiger partial charge in [0, 0.05) is 13.5 Å². The number of nitrogens with one attached hydrogen (secondary N) is 1. The average molecular weight is 213 g/mol. The third-order valence-corrected chi connectivity index (χ3v) is 2.38. The summed E-state index contributed by atoms with van der Waals surface area (Å²) in [6.07, 6.45) is 0.618. The quantitative estimate of drug-likeness (QED) is 0.552. The molecule has 0 aromatic rings. The SMILES string of the molecule is CC(N)C(=O)NC1CCC(=O)N(C)C1=O. The second-order valence-corrected chi connectivity index (χ2v) is 3.68. The highest BCUT2D eigenvalue weighted by molar-refractivity contribution is 6.01. The van der Waals surface area contributed by atoms with E-state index in [9.17, 15) is 14.4 Å². The lowest BCUT2D eigenvalue weighted by atomic mass is 10.0. The van der Waals surface area contributed by atoms with Crippen LogP contribution in [0.2, 0.25) is 0 Å². The molecular formula is C9H15N3O3. The molecule has 0 saturated carbocycles. The standard InChI is InChI=1S/C9H15N3O3/c1-5(10)8(14)11-6-3-4-7(13)12(2)9(6)15/h5-6H,3-4,10H2,1-2H3,(H,11,14). The molecule has 6 nitrogen and oxygen atoms in total. The van der Waals surface area contributed by atoms with Crippen molar-refractivity contribution in [2.24, 2.45) is 5.73 Å². The van der Waals surface area contributed by atoms with E-state index in [1.54, 1.807) is 0 Å². The molecule has 1 fully saturated rings. The van der Waals surface area contributed by atoms with E-state index in [0.717, 1.165) is 4.90 Å². The van der Waals surface area contributed by atoms with Crippen LogP contribution in [0.4, 0.5) is 0 Å². The van der Waals surface area contributed by atoms with Crippen molar-refractivity contribution in [3.63, 3.8) is 0 Å². The molecule has 84 valence electrons. The minimum absolute atomic E-state index is 0.216. The fraction of sp³-hybridized carbons (Fsp3) is 0.667. The van der Waals surface area contributed by atoms with Crippen LogP contribution in [-0.4, -0.2) is 41.8 Å². The lowest BCUT2D eigenvalue weighted by Crippen LogP contribution is -2.55. The summed E-state index contributed by atoms with van der Waals surface area (Å²) >= 11 is 0.